The average molecular weight is 573 g/mol. The highest BCUT2D eigenvalue weighted by atomic mass is 32.2. The number of carbonyl (C=O) groups is 2. The third-order valence-corrected chi connectivity index (χ3v) is 8.00. The van der Waals surface area contributed by atoms with Crippen LogP contribution in [0.5, 0.6) is 0 Å². The van der Waals surface area contributed by atoms with E-state index in [1.54, 1.807) is 30.5 Å². The number of nitrogens with zero attached hydrogens (tertiary/aromatic N) is 5. The zero-order valence-corrected chi connectivity index (χ0v) is 24.3. The lowest BCUT2D eigenvalue weighted by atomic mass is 10.0. The minimum Gasteiger partial charge on any atom is -0.382 e. The number of rotatable bonds is 11. The molecule has 1 aliphatic heterocycles. The lowest BCUT2D eigenvalue weighted by molar-refractivity contribution is -0.121. The summed E-state index contributed by atoms with van der Waals surface area (Å²) in [6.45, 7) is 6.34. The van der Waals surface area contributed by atoms with Gasteiger partial charge in [-0.3, -0.25) is 19.5 Å². The predicted molar refractivity (Wildman–Crippen MR) is 161 cm³/mol. The van der Waals surface area contributed by atoms with Crippen molar-refractivity contribution in [2.45, 2.75) is 62.9 Å². The first kappa shape index (κ1) is 30.0. The van der Waals surface area contributed by atoms with E-state index in [1.807, 2.05) is 12.1 Å². The molecule has 1 atom stereocenters. The van der Waals surface area contributed by atoms with E-state index in [0.717, 1.165) is 24.3 Å². The number of nitrogens with one attached hydrogen (secondary N) is 2. The number of hydrogen-bond donors (Lipinski definition) is 3. The second kappa shape index (κ2) is 14.6. The molecule has 0 aliphatic carbocycles. The van der Waals surface area contributed by atoms with Crippen molar-refractivity contribution >= 4 is 35.1 Å². The molecule has 214 valence electrons. The van der Waals surface area contributed by atoms with E-state index in [0.29, 0.717) is 53.3 Å². The molecule has 1 saturated heterocycles. The van der Waals surface area contributed by atoms with Crippen LogP contribution in [0.2, 0.25) is 0 Å². The van der Waals surface area contributed by atoms with Crippen molar-refractivity contribution in [2.24, 2.45) is 0 Å². The lowest BCUT2D eigenvalue weighted by Gasteiger charge is -2.33. The SMILES string of the molecule is CC(=O)Nc1ccc(-c2nc(SCc3cccnc3CCC(=O)NCCN3CCCCC3C)nc(N)c2C#N)cc1. The number of hydrogen-bond acceptors (Lipinski definition) is 9. The van der Waals surface area contributed by atoms with Crippen LogP contribution >= 0.6 is 11.8 Å². The minimum atomic E-state index is -0.168. The summed E-state index contributed by atoms with van der Waals surface area (Å²) in [4.78, 5) is 39.8. The Kier molecular flexibility index (Phi) is 10.6. The molecular weight excluding hydrogens is 536 g/mol. The Morgan fingerprint density at radius 2 is 2.00 bits per heavy atom. The number of benzene rings is 1. The number of thioether (sulfide) groups is 1. The Morgan fingerprint density at radius 1 is 1.20 bits per heavy atom. The van der Waals surface area contributed by atoms with E-state index in [9.17, 15) is 14.9 Å². The van der Waals surface area contributed by atoms with Crippen molar-refractivity contribution in [3.05, 3.63) is 59.4 Å². The third kappa shape index (κ3) is 8.49. The number of aromatic nitrogens is 3. The van der Waals surface area contributed by atoms with Crippen LogP contribution in [0.1, 0.15) is 56.4 Å². The van der Waals surface area contributed by atoms with Gasteiger partial charge in [0.1, 0.15) is 17.5 Å². The second-order valence-corrected chi connectivity index (χ2v) is 11.1. The fourth-order valence-electron chi connectivity index (χ4n) is 4.87. The summed E-state index contributed by atoms with van der Waals surface area (Å²) in [6, 6.07) is 13.6. The van der Waals surface area contributed by atoms with Gasteiger partial charge in [-0.15, -0.1) is 0 Å². The molecule has 3 heterocycles. The van der Waals surface area contributed by atoms with Gasteiger partial charge in [0.2, 0.25) is 11.8 Å². The largest absolute Gasteiger partial charge is 0.382 e. The van der Waals surface area contributed by atoms with Gasteiger partial charge in [0, 0.05) is 61.4 Å². The van der Waals surface area contributed by atoms with Crippen LogP contribution in [0, 0.1) is 11.3 Å². The predicted octanol–water partition coefficient (Wildman–Crippen LogP) is 4.17. The van der Waals surface area contributed by atoms with Gasteiger partial charge in [0.25, 0.3) is 0 Å². The first-order valence-corrected chi connectivity index (χ1v) is 14.8. The number of nitriles is 1. The van der Waals surface area contributed by atoms with Gasteiger partial charge in [-0.2, -0.15) is 5.26 Å². The lowest BCUT2D eigenvalue weighted by Crippen LogP contribution is -2.42. The van der Waals surface area contributed by atoms with Crippen molar-refractivity contribution in [1.82, 2.24) is 25.2 Å². The van der Waals surface area contributed by atoms with Crippen molar-refractivity contribution in [3.8, 4) is 17.3 Å². The molecule has 4 N–H and O–H groups in total. The number of pyridine rings is 1. The molecule has 1 fully saturated rings. The van der Waals surface area contributed by atoms with Crippen molar-refractivity contribution < 1.29 is 9.59 Å². The summed E-state index contributed by atoms with van der Waals surface area (Å²) in [6.07, 6.45) is 6.37. The van der Waals surface area contributed by atoms with E-state index in [4.69, 9.17) is 5.73 Å². The molecule has 10 nitrogen and oxygen atoms in total. The number of aryl methyl sites for hydroxylation is 1. The molecule has 3 aromatic rings. The average Bonchev–Trinajstić information content (AvgIpc) is 2.96. The Hall–Kier alpha value is -4.01. The molecule has 1 unspecified atom stereocenters. The van der Waals surface area contributed by atoms with Crippen LogP contribution in [-0.4, -0.2) is 57.3 Å². The van der Waals surface area contributed by atoms with E-state index in [1.165, 1.54) is 37.9 Å². The maximum Gasteiger partial charge on any atom is 0.221 e. The van der Waals surface area contributed by atoms with Gasteiger partial charge in [0.05, 0.1) is 5.69 Å². The summed E-state index contributed by atoms with van der Waals surface area (Å²) in [5, 5.41) is 15.9. The Morgan fingerprint density at radius 3 is 2.73 bits per heavy atom. The number of likely N-dealkylation sites (tertiary alicyclic amines) is 1. The zero-order chi connectivity index (χ0) is 29.2. The Labute approximate surface area is 245 Å². The van der Waals surface area contributed by atoms with Crippen molar-refractivity contribution in [2.75, 3.05) is 30.7 Å². The number of carbonyl (C=O) groups excluding carboxylic acids is 2. The van der Waals surface area contributed by atoms with E-state index >= 15 is 0 Å². The molecule has 1 aliphatic rings. The molecule has 41 heavy (non-hydrogen) atoms. The summed E-state index contributed by atoms with van der Waals surface area (Å²) in [5.41, 5.74) is 9.94. The van der Waals surface area contributed by atoms with Crippen LogP contribution in [0.15, 0.2) is 47.8 Å². The van der Waals surface area contributed by atoms with Gasteiger partial charge in [0.15, 0.2) is 5.16 Å². The maximum atomic E-state index is 12.5. The first-order chi connectivity index (χ1) is 19.8. The normalized spacial score (nSPS) is 15.2. The number of nitrogen functional groups attached to an aromatic ring is 1. The zero-order valence-electron chi connectivity index (χ0n) is 23.5. The molecule has 2 aromatic heterocycles. The van der Waals surface area contributed by atoms with Crippen LogP contribution in [0.3, 0.4) is 0 Å². The molecule has 0 radical (unpaired) electrons. The van der Waals surface area contributed by atoms with Gasteiger partial charge in [-0.25, -0.2) is 9.97 Å². The Bertz CT molecular complexity index is 1410. The highest BCUT2D eigenvalue weighted by molar-refractivity contribution is 7.98. The van der Waals surface area contributed by atoms with Gasteiger partial charge in [-0.1, -0.05) is 36.4 Å². The van der Waals surface area contributed by atoms with Crippen molar-refractivity contribution in [3.63, 3.8) is 0 Å². The third-order valence-electron chi connectivity index (χ3n) is 7.10. The fraction of sp³-hybridized carbons (Fsp3) is 0.400. The monoisotopic (exact) mass is 572 g/mol. The minimum absolute atomic E-state index is 0.0243. The summed E-state index contributed by atoms with van der Waals surface area (Å²) >= 11 is 1.39. The second-order valence-electron chi connectivity index (χ2n) is 10.1. The fourth-order valence-corrected chi connectivity index (χ4v) is 5.74. The topological polar surface area (TPSA) is 150 Å². The number of anilines is 2. The van der Waals surface area contributed by atoms with E-state index < -0.39 is 0 Å². The molecule has 2 amide bonds. The standard InChI is InChI=1S/C30H36N8O2S/c1-20-6-3-4-16-38(20)17-15-34-27(40)13-12-26-23(7-5-14-33-26)19-41-30-36-28(25(18-31)29(32)37-30)22-8-10-24(11-9-22)35-21(2)39/h5,7-11,14,20H,3-4,6,12-13,15-17,19H2,1-2H3,(H,34,40)(H,35,39)(H2,32,36,37). The Balaban J connectivity index is 1.37. The van der Waals surface area contributed by atoms with Gasteiger partial charge >= 0.3 is 0 Å². The quantitative estimate of drug-likeness (QED) is 0.227. The van der Waals surface area contributed by atoms with Gasteiger partial charge in [-0.05, 0) is 56.5 Å². The molecule has 1 aromatic carbocycles. The maximum absolute atomic E-state index is 12.5. The van der Waals surface area contributed by atoms with E-state index in [2.05, 4.69) is 43.5 Å². The van der Waals surface area contributed by atoms with E-state index in [-0.39, 0.29) is 23.2 Å². The van der Waals surface area contributed by atoms with Crippen molar-refractivity contribution in [1.29, 1.82) is 5.26 Å². The molecular formula is C30H36N8O2S. The molecule has 4 rings (SSSR count). The number of piperidine rings is 1. The highest BCUT2D eigenvalue weighted by Crippen LogP contribution is 2.30. The summed E-state index contributed by atoms with van der Waals surface area (Å²) in [7, 11) is 0. The number of nitrogens with two attached hydrogens (primary N) is 1. The molecule has 11 heteroatoms. The molecule has 0 bridgehead atoms. The van der Waals surface area contributed by atoms with Crippen LogP contribution in [0.4, 0.5) is 11.5 Å². The summed E-state index contributed by atoms with van der Waals surface area (Å²) < 4.78 is 0. The smallest absolute Gasteiger partial charge is 0.221 e. The number of amides is 2. The molecule has 0 saturated carbocycles. The molecule has 0 spiro atoms. The van der Waals surface area contributed by atoms with Gasteiger partial charge < -0.3 is 16.4 Å². The highest BCUT2D eigenvalue weighted by Gasteiger charge is 2.18. The van der Waals surface area contributed by atoms with Crippen LogP contribution in [0.25, 0.3) is 11.3 Å². The van der Waals surface area contributed by atoms with Crippen LogP contribution in [-0.2, 0) is 21.8 Å². The summed E-state index contributed by atoms with van der Waals surface area (Å²) in [5.74, 6) is 0.492. The van der Waals surface area contributed by atoms with Crippen LogP contribution < -0.4 is 16.4 Å². The first-order valence-electron chi connectivity index (χ1n) is 13.9.